The normalized spacial score (nSPS) is 10.1. The summed E-state index contributed by atoms with van der Waals surface area (Å²) in [6.07, 6.45) is 0. The van der Waals surface area contributed by atoms with E-state index in [1.165, 1.54) is 0 Å². The SMILES string of the molecule is C[B]C([B]C)([B]C)CON=O. The number of hydrogen-bond acceptors (Lipinski definition) is 3. The molecule has 0 saturated carbocycles. The summed E-state index contributed by atoms with van der Waals surface area (Å²) >= 11 is 0. The fraction of sp³-hybridized carbons (Fsp3) is 1.00. The number of hydrogen-bond donors (Lipinski definition) is 0. The Bertz CT molecular complexity index is 110. The van der Waals surface area contributed by atoms with E-state index in [0.717, 1.165) is 0 Å². The summed E-state index contributed by atoms with van der Waals surface area (Å²) in [7, 11) is 5.91. The van der Waals surface area contributed by atoms with Gasteiger partial charge in [-0.3, -0.25) is 0 Å². The van der Waals surface area contributed by atoms with Crippen molar-refractivity contribution in [1.82, 2.24) is 0 Å². The summed E-state index contributed by atoms with van der Waals surface area (Å²) in [4.78, 5) is 14.1. The fourth-order valence-electron chi connectivity index (χ4n) is 0.888. The predicted octanol–water partition coefficient (Wildman–Crippen LogP) is 1.01. The summed E-state index contributed by atoms with van der Waals surface area (Å²) < 4.78 is 0. The van der Waals surface area contributed by atoms with Crippen LogP contribution in [0.5, 0.6) is 0 Å². The van der Waals surface area contributed by atoms with Crippen molar-refractivity contribution in [3.63, 3.8) is 0 Å². The highest BCUT2D eigenvalue weighted by Crippen LogP contribution is 2.21. The molecule has 6 heteroatoms. The van der Waals surface area contributed by atoms with Crippen LogP contribution in [0.25, 0.3) is 0 Å². The van der Waals surface area contributed by atoms with Gasteiger partial charge in [-0.25, -0.2) is 0 Å². The van der Waals surface area contributed by atoms with Gasteiger partial charge in [0.25, 0.3) is 0 Å². The Balaban J connectivity index is 3.93. The molecule has 0 atom stereocenters. The fourth-order valence-corrected chi connectivity index (χ4v) is 0.888. The van der Waals surface area contributed by atoms with E-state index in [0.29, 0.717) is 6.61 Å². The topological polar surface area (TPSA) is 38.7 Å². The van der Waals surface area contributed by atoms with Crippen molar-refractivity contribution in [3.8, 4) is 0 Å². The van der Waals surface area contributed by atoms with E-state index in [9.17, 15) is 4.91 Å². The zero-order valence-corrected chi connectivity index (χ0v) is 7.20. The third-order valence-corrected chi connectivity index (χ3v) is 1.98. The quantitative estimate of drug-likeness (QED) is 0.321. The molecular formula is C5H11B3NO2. The second-order valence-corrected chi connectivity index (χ2v) is 2.33. The molecule has 0 aromatic carbocycles. The highest BCUT2D eigenvalue weighted by atomic mass is 16.7. The molecule has 0 unspecified atom stereocenters. The summed E-state index contributed by atoms with van der Waals surface area (Å²) in [6.45, 7) is 6.07. The first kappa shape index (κ1) is 10.6. The zero-order valence-electron chi connectivity index (χ0n) is 7.20. The predicted molar refractivity (Wildman–Crippen MR) is 49.3 cm³/mol. The van der Waals surface area contributed by atoms with Crippen LogP contribution in [0.1, 0.15) is 0 Å². The lowest BCUT2D eigenvalue weighted by atomic mass is 9.22. The summed E-state index contributed by atoms with van der Waals surface area (Å²) in [5.41, 5.74) is 0. The molecule has 0 N–H and O–H groups in total. The van der Waals surface area contributed by atoms with Crippen LogP contribution >= 0.6 is 0 Å². The van der Waals surface area contributed by atoms with Crippen LogP contribution in [0.2, 0.25) is 25.6 Å². The second kappa shape index (κ2) is 5.27. The lowest BCUT2D eigenvalue weighted by molar-refractivity contribution is 0.142. The third kappa shape index (κ3) is 2.99. The Labute approximate surface area is 69.9 Å². The van der Waals surface area contributed by atoms with Crippen molar-refractivity contribution >= 4 is 21.8 Å². The van der Waals surface area contributed by atoms with Gasteiger partial charge in [-0.15, -0.1) is 4.91 Å². The van der Waals surface area contributed by atoms with Gasteiger partial charge in [-0.1, -0.05) is 25.6 Å². The Morgan fingerprint density at radius 3 is 2.00 bits per heavy atom. The van der Waals surface area contributed by atoms with E-state index in [1.807, 2.05) is 42.3 Å². The second-order valence-electron chi connectivity index (χ2n) is 2.33. The minimum Gasteiger partial charge on any atom is -0.366 e. The average molecular weight is 150 g/mol. The van der Waals surface area contributed by atoms with E-state index in [1.54, 1.807) is 0 Å². The van der Waals surface area contributed by atoms with Gasteiger partial charge in [0.15, 0.2) is 5.34 Å². The van der Waals surface area contributed by atoms with E-state index in [2.05, 4.69) is 10.2 Å². The number of nitrogens with zero attached hydrogens (tertiary/aromatic N) is 1. The van der Waals surface area contributed by atoms with Crippen LogP contribution < -0.4 is 0 Å². The first-order chi connectivity index (χ1) is 5.24. The van der Waals surface area contributed by atoms with Gasteiger partial charge in [-0.05, 0) is 0 Å². The smallest absolute Gasteiger partial charge is 0.155 e. The first-order valence-corrected chi connectivity index (χ1v) is 3.61. The summed E-state index contributed by atoms with van der Waals surface area (Å²) in [6, 6.07) is 0. The molecule has 0 heterocycles. The van der Waals surface area contributed by atoms with Gasteiger partial charge in [0.05, 0.1) is 21.8 Å². The molecule has 3 nitrogen and oxygen atoms in total. The molecule has 0 aromatic heterocycles. The molecule has 57 valence electrons. The maximum absolute atomic E-state index is 9.69. The Morgan fingerprint density at radius 1 is 1.27 bits per heavy atom. The average Bonchev–Trinajstić information content (AvgIpc) is 2.08. The molecule has 0 rings (SSSR count). The van der Waals surface area contributed by atoms with E-state index in [4.69, 9.17) is 0 Å². The van der Waals surface area contributed by atoms with Gasteiger partial charge < -0.3 is 4.84 Å². The van der Waals surface area contributed by atoms with Crippen LogP contribution in [0.15, 0.2) is 5.34 Å². The first-order valence-electron chi connectivity index (χ1n) is 3.61. The van der Waals surface area contributed by atoms with E-state index in [-0.39, 0.29) is 5.11 Å². The maximum atomic E-state index is 9.69. The van der Waals surface area contributed by atoms with Crippen LogP contribution in [0, 0.1) is 4.91 Å². The highest BCUT2D eigenvalue weighted by molar-refractivity contribution is 6.79. The van der Waals surface area contributed by atoms with Gasteiger partial charge in [0.2, 0.25) is 0 Å². The monoisotopic (exact) mass is 150 g/mol. The van der Waals surface area contributed by atoms with E-state index < -0.39 is 0 Å². The van der Waals surface area contributed by atoms with Gasteiger partial charge in [-0.2, -0.15) is 0 Å². The molecular weight excluding hydrogens is 138 g/mol. The molecule has 0 fully saturated rings. The van der Waals surface area contributed by atoms with Crippen molar-refractivity contribution < 1.29 is 4.84 Å². The van der Waals surface area contributed by atoms with Crippen molar-refractivity contribution in [2.45, 2.75) is 25.6 Å². The molecule has 0 spiro atoms. The van der Waals surface area contributed by atoms with Crippen molar-refractivity contribution in [1.29, 1.82) is 0 Å². The molecule has 0 amide bonds. The zero-order chi connectivity index (χ0) is 8.74. The molecule has 11 heavy (non-hydrogen) atoms. The molecule has 0 aliphatic heterocycles. The molecule has 0 aliphatic rings. The Hall–Kier alpha value is -0.405. The minimum atomic E-state index is -0.214. The van der Waals surface area contributed by atoms with Gasteiger partial charge in [0, 0.05) is 0 Å². The largest absolute Gasteiger partial charge is 0.366 e. The molecule has 0 bridgehead atoms. The van der Waals surface area contributed by atoms with Crippen LogP contribution in [0.4, 0.5) is 0 Å². The van der Waals surface area contributed by atoms with Crippen molar-refractivity contribution in [2.24, 2.45) is 5.34 Å². The summed E-state index contributed by atoms with van der Waals surface area (Å²) in [5.74, 6) is 0. The third-order valence-electron chi connectivity index (χ3n) is 1.98. The van der Waals surface area contributed by atoms with Crippen molar-refractivity contribution in [2.75, 3.05) is 6.61 Å². The molecule has 0 aromatic rings. The Morgan fingerprint density at radius 2 is 1.73 bits per heavy atom. The lowest BCUT2D eigenvalue weighted by Crippen LogP contribution is -2.33. The lowest BCUT2D eigenvalue weighted by Gasteiger charge is -2.26. The van der Waals surface area contributed by atoms with Crippen LogP contribution in [0.3, 0.4) is 0 Å². The molecule has 3 radical (unpaired) electrons. The van der Waals surface area contributed by atoms with Gasteiger partial charge >= 0.3 is 0 Å². The summed E-state index contributed by atoms with van der Waals surface area (Å²) in [5, 5.41) is 2.14. The van der Waals surface area contributed by atoms with Crippen LogP contribution in [-0.4, -0.2) is 28.4 Å². The van der Waals surface area contributed by atoms with Crippen molar-refractivity contribution in [3.05, 3.63) is 4.91 Å². The van der Waals surface area contributed by atoms with Crippen LogP contribution in [-0.2, 0) is 4.84 Å². The molecule has 0 saturated heterocycles. The molecule has 0 aliphatic carbocycles. The highest BCUT2D eigenvalue weighted by Gasteiger charge is 2.26. The minimum absolute atomic E-state index is 0.214. The number of rotatable bonds is 6. The standard InChI is InChI=1S/C5H11B3NO2/c1-6-5(7-2,8-3)4-11-9-10/h4H2,1-3H3. The van der Waals surface area contributed by atoms with E-state index >= 15 is 0 Å². The Kier molecular flexibility index (Phi) is 5.08. The van der Waals surface area contributed by atoms with Gasteiger partial charge in [0.1, 0.15) is 6.61 Å². The maximum Gasteiger partial charge on any atom is 0.155 e.